The van der Waals surface area contributed by atoms with E-state index in [1.54, 1.807) is 13.0 Å². The molecule has 0 aromatic rings. The van der Waals surface area contributed by atoms with E-state index in [1.165, 1.54) is 0 Å². The van der Waals surface area contributed by atoms with Crippen molar-refractivity contribution >= 4 is 30.9 Å². The van der Waals surface area contributed by atoms with Crippen LogP contribution in [0.15, 0.2) is 35.5 Å². The highest BCUT2D eigenvalue weighted by molar-refractivity contribution is 6.75. The molecule has 0 unspecified atom stereocenters. The van der Waals surface area contributed by atoms with Crippen molar-refractivity contribution in [2.24, 2.45) is 11.8 Å². The molecule has 1 aliphatic heterocycles. The van der Waals surface area contributed by atoms with Crippen molar-refractivity contribution < 1.29 is 33.0 Å². The zero-order valence-corrected chi connectivity index (χ0v) is 38.6. The molecule has 0 amide bonds. The minimum absolute atomic E-state index is 0.00159. The fourth-order valence-corrected chi connectivity index (χ4v) is 8.85. The van der Waals surface area contributed by atoms with Gasteiger partial charge in [0.2, 0.25) is 0 Å². The third-order valence-corrected chi connectivity index (χ3v) is 25.5. The summed E-state index contributed by atoms with van der Waals surface area (Å²) in [4.78, 5) is 11.5. The van der Waals surface area contributed by atoms with Gasteiger partial charge in [0.05, 0.1) is 18.3 Å². The number of allylic oxidation sites excluding steroid dienone is 2. The van der Waals surface area contributed by atoms with Gasteiger partial charge in [-0.2, -0.15) is 0 Å². The van der Waals surface area contributed by atoms with Gasteiger partial charge in [-0.3, -0.25) is 0 Å². The van der Waals surface area contributed by atoms with Gasteiger partial charge in [0.25, 0.3) is 0 Å². The number of carboxylic acids is 1. The zero-order chi connectivity index (χ0) is 39.3. The molecular weight excluding hydrogens is 677 g/mol. The third-order valence-electron chi connectivity index (χ3n) is 12.0. The van der Waals surface area contributed by atoms with E-state index in [0.29, 0.717) is 25.0 Å². The van der Waals surface area contributed by atoms with E-state index in [4.69, 9.17) is 18.0 Å². The van der Waals surface area contributed by atoms with Crippen molar-refractivity contribution in [3.05, 3.63) is 35.5 Å². The Bertz CT molecular complexity index is 1180. The van der Waals surface area contributed by atoms with Gasteiger partial charge in [-0.05, 0) is 99.5 Å². The lowest BCUT2D eigenvalue weighted by molar-refractivity contribution is -0.132. The molecule has 0 bridgehead atoms. The van der Waals surface area contributed by atoms with Crippen LogP contribution in [-0.4, -0.2) is 78.3 Å². The van der Waals surface area contributed by atoms with Crippen LogP contribution in [0.25, 0.3) is 0 Å². The van der Waals surface area contributed by atoms with E-state index in [1.807, 2.05) is 6.92 Å². The monoisotopic (exact) mass is 755 g/mol. The fourth-order valence-electron chi connectivity index (χ4n) is 5.06. The van der Waals surface area contributed by atoms with Gasteiger partial charge in [-0.25, -0.2) is 4.79 Å². The Balaban J connectivity index is 3.23. The van der Waals surface area contributed by atoms with Gasteiger partial charge in [0.15, 0.2) is 25.0 Å². The molecule has 10 heteroatoms. The Kier molecular flexibility index (Phi) is 17.0. The quantitative estimate of drug-likeness (QED) is 0.0445. The second-order valence-corrected chi connectivity index (χ2v) is 33.9. The number of carboxylic acid groups (broad SMARTS) is 1. The molecule has 1 saturated heterocycles. The highest BCUT2D eigenvalue weighted by Gasteiger charge is 2.55. The van der Waals surface area contributed by atoms with E-state index in [-0.39, 0.29) is 51.4 Å². The van der Waals surface area contributed by atoms with Crippen LogP contribution in [-0.2, 0) is 22.8 Å². The van der Waals surface area contributed by atoms with Crippen molar-refractivity contribution in [2.45, 2.75) is 194 Å². The lowest BCUT2D eigenvalue weighted by atomic mass is 9.95. The normalized spacial score (nSPS) is 22.0. The van der Waals surface area contributed by atoms with Crippen LogP contribution in [0.3, 0.4) is 0 Å². The summed E-state index contributed by atoms with van der Waals surface area (Å²) in [6, 6.07) is 0. The number of aliphatic hydroxyl groups is 1. The number of hydrogen-bond donors (Lipinski definition) is 2. The number of ether oxygens (including phenoxy) is 1. The fraction of sp³-hybridized carbons (Fsp3) is 0.825. The van der Waals surface area contributed by atoms with Gasteiger partial charge in [0, 0.05) is 18.1 Å². The number of aliphatic carboxylic acids is 1. The van der Waals surface area contributed by atoms with Crippen LogP contribution in [0, 0.1) is 11.8 Å². The molecule has 1 fully saturated rings. The number of aliphatic hydroxyl groups excluding tert-OH is 1. The Morgan fingerprint density at radius 2 is 1.26 bits per heavy atom. The molecule has 50 heavy (non-hydrogen) atoms. The van der Waals surface area contributed by atoms with E-state index < -0.39 is 37.0 Å². The molecule has 0 aromatic carbocycles. The summed E-state index contributed by atoms with van der Waals surface area (Å²) in [5.41, 5.74) is 1.21. The maximum atomic E-state index is 11.5. The molecule has 1 heterocycles. The standard InChI is InChI=1S/C40H78O7Si3/c1-28(27-31(4)37(42)43)26-30(3)34(47-50(18,19)40(11,12)13)36-35(45-36)33(46-49(16,17)39(8,9)10)23-21-20-22-32(41)29(2)24-25-44-48(14,15)38(5,6)7/h20-21,26-27,29-30,32-36,41H,22-25H2,1-19H3,(H,42,43)/b21-20+,28-26+,31-27+/t29-,30+,32-,33+,34-,35-,36-/m0/s1. The van der Waals surface area contributed by atoms with Gasteiger partial charge in [-0.15, -0.1) is 0 Å². The third kappa shape index (κ3) is 14.2. The van der Waals surface area contributed by atoms with E-state index in [0.717, 1.165) is 12.0 Å². The maximum absolute atomic E-state index is 11.5. The van der Waals surface area contributed by atoms with Crippen molar-refractivity contribution in [1.82, 2.24) is 0 Å². The Hall–Kier alpha value is -0.859. The van der Waals surface area contributed by atoms with Crippen LogP contribution in [0.2, 0.25) is 54.4 Å². The van der Waals surface area contributed by atoms with Gasteiger partial charge >= 0.3 is 5.97 Å². The average molecular weight is 755 g/mol. The first-order valence-electron chi connectivity index (χ1n) is 18.9. The lowest BCUT2D eigenvalue weighted by Crippen LogP contribution is -2.48. The second-order valence-electron chi connectivity index (χ2n) is 19.6. The Morgan fingerprint density at radius 1 is 0.780 bits per heavy atom. The van der Waals surface area contributed by atoms with Gasteiger partial charge in [-0.1, -0.05) is 100.0 Å². The van der Waals surface area contributed by atoms with Crippen LogP contribution >= 0.6 is 0 Å². The molecule has 0 aliphatic carbocycles. The van der Waals surface area contributed by atoms with E-state index in [9.17, 15) is 15.0 Å². The van der Waals surface area contributed by atoms with E-state index >= 15 is 0 Å². The highest BCUT2D eigenvalue weighted by atomic mass is 28.4. The smallest absolute Gasteiger partial charge is 0.331 e. The molecule has 2 N–H and O–H groups in total. The Morgan fingerprint density at radius 3 is 1.74 bits per heavy atom. The van der Waals surface area contributed by atoms with Crippen LogP contribution < -0.4 is 0 Å². The highest BCUT2D eigenvalue weighted by Crippen LogP contribution is 2.45. The molecule has 7 atom stereocenters. The van der Waals surface area contributed by atoms with Crippen LogP contribution in [0.4, 0.5) is 0 Å². The predicted octanol–water partition coefficient (Wildman–Crippen LogP) is 10.9. The predicted molar refractivity (Wildman–Crippen MR) is 218 cm³/mol. The van der Waals surface area contributed by atoms with Crippen LogP contribution in [0.1, 0.15) is 109 Å². The maximum Gasteiger partial charge on any atom is 0.331 e. The largest absolute Gasteiger partial charge is 0.478 e. The molecule has 1 rings (SSSR count). The first-order chi connectivity index (χ1) is 22.3. The molecule has 0 aromatic heterocycles. The van der Waals surface area contributed by atoms with Crippen molar-refractivity contribution in [3.8, 4) is 0 Å². The summed E-state index contributed by atoms with van der Waals surface area (Å²) in [5, 5.41) is 20.6. The first-order valence-corrected chi connectivity index (χ1v) is 27.6. The molecule has 0 spiro atoms. The summed E-state index contributed by atoms with van der Waals surface area (Å²) in [6.07, 6.45) is 9.20. The number of hydrogen-bond acceptors (Lipinski definition) is 6. The summed E-state index contributed by atoms with van der Waals surface area (Å²) in [5.74, 6) is -0.778. The number of epoxide rings is 1. The van der Waals surface area contributed by atoms with Crippen molar-refractivity contribution in [2.75, 3.05) is 6.61 Å². The molecular formula is C40H78O7Si3. The molecule has 292 valence electrons. The van der Waals surface area contributed by atoms with Crippen molar-refractivity contribution in [3.63, 3.8) is 0 Å². The summed E-state index contributed by atoms with van der Waals surface area (Å²) in [6.45, 7) is 42.4. The second kappa shape index (κ2) is 18.0. The topological polar surface area (TPSA) is 97.8 Å². The molecule has 0 saturated carbocycles. The summed E-state index contributed by atoms with van der Waals surface area (Å²) >= 11 is 0. The minimum Gasteiger partial charge on any atom is -0.478 e. The zero-order valence-electron chi connectivity index (χ0n) is 35.6. The summed E-state index contributed by atoms with van der Waals surface area (Å²) < 4.78 is 27.1. The SMILES string of the molecule is CC(=C\[C@@H](C)[C@H](O[Si](C)(C)C(C)(C)C)[C@@H]1O[C@H]1[C@@H](C/C=C/C[C@H](O)[C@@H](C)CCO[Si](C)(C)C(C)(C)C)O[Si](C)(C)C(C)(C)C)/C=C(\C)C(=O)O. The average Bonchev–Trinajstić information content (AvgIpc) is 3.71. The minimum atomic E-state index is -2.18. The number of carbonyl (C=O) groups is 1. The summed E-state index contributed by atoms with van der Waals surface area (Å²) in [7, 11) is -6.12. The lowest BCUT2D eigenvalue weighted by Gasteiger charge is -2.41. The van der Waals surface area contributed by atoms with Gasteiger partial charge < -0.3 is 28.2 Å². The van der Waals surface area contributed by atoms with Gasteiger partial charge in [0.1, 0.15) is 12.2 Å². The molecule has 7 nitrogen and oxygen atoms in total. The number of rotatable bonds is 19. The first kappa shape index (κ1) is 47.2. The Labute approximate surface area is 311 Å². The van der Waals surface area contributed by atoms with E-state index in [2.05, 4.69) is 134 Å². The molecule has 0 radical (unpaired) electrons. The van der Waals surface area contributed by atoms with Crippen molar-refractivity contribution in [1.29, 1.82) is 0 Å². The van der Waals surface area contributed by atoms with Crippen LogP contribution in [0.5, 0.6) is 0 Å². The molecule has 1 aliphatic rings.